The first-order chi connectivity index (χ1) is 21.8. The van der Waals surface area contributed by atoms with Gasteiger partial charge in [0.05, 0.1) is 24.8 Å². The molecule has 0 aromatic rings. The van der Waals surface area contributed by atoms with E-state index in [9.17, 15) is 35.7 Å². The van der Waals surface area contributed by atoms with Crippen LogP contribution in [0.15, 0.2) is 0 Å². The first-order valence-electron chi connectivity index (χ1n) is 14.6. The van der Waals surface area contributed by atoms with Crippen LogP contribution in [-0.2, 0) is 38.8 Å². The molecule has 1 saturated carbocycles. The van der Waals surface area contributed by atoms with Crippen molar-refractivity contribution in [1.29, 1.82) is 0 Å². The van der Waals surface area contributed by atoms with E-state index in [2.05, 4.69) is 0 Å². The standard InChI is InChI=1S/C23H46N6O13.H2O4S/c24-2-7-13(32)15(34)10(28)21(37-7)40-18-6(27)1-5(26)12(31)20(18)42-23-17(36)19(9(4-30)39-23)41-22-11(29)16(35)14(33)8(3-25)38-22;1-5(2,3)4/h5-23,30-36H,1-4,24-29H2;(H2,1,2,3,4)/t5-,6-,7-,8-,9+,10-,11+,12+,13-,14+,15-,16+,17+,18-,19+,20-,21-,22?,23-;/m1./s1. The van der Waals surface area contributed by atoms with Crippen LogP contribution < -0.4 is 34.4 Å². The summed E-state index contributed by atoms with van der Waals surface area (Å²) >= 11 is 0. The van der Waals surface area contributed by atoms with Crippen LogP contribution in [0.4, 0.5) is 0 Å². The molecule has 4 fully saturated rings. The molecule has 24 heteroatoms. The molecule has 3 aliphatic heterocycles. The van der Waals surface area contributed by atoms with Crippen molar-refractivity contribution in [3.8, 4) is 0 Å². The Bertz CT molecular complexity index is 1080. The first kappa shape index (κ1) is 40.5. The third-order valence-electron chi connectivity index (χ3n) is 8.37. The molecule has 4 aliphatic rings. The minimum Gasteiger partial charge on any atom is -0.394 e. The molecule has 19 atom stereocenters. The summed E-state index contributed by atoms with van der Waals surface area (Å²) in [6, 6.07) is -4.18. The number of aliphatic hydroxyl groups excluding tert-OH is 7. The molecule has 4 rings (SSSR count). The Morgan fingerprint density at radius 2 is 0.979 bits per heavy atom. The smallest absolute Gasteiger partial charge is 0.394 e. The van der Waals surface area contributed by atoms with Crippen LogP contribution in [0.5, 0.6) is 0 Å². The highest BCUT2D eigenvalue weighted by atomic mass is 32.3. The van der Waals surface area contributed by atoms with Crippen molar-refractivity contribution in [3.05, 3.63) is 0 Å². The molecular weight excluding hydrogens is 664 g/mol. The van der Waals surface area contributed by atoms with Gasteiger partial charge < -0.3 is 98.6 Å². The van der Waals surface area contributed by atoms with Gasteiger partial charge in [0.2, 0.25) is 0 Å². The predicted molar refractivity (Wildman–Crippen MR) is 153 cm³/mol. The van der Waals surface area contributed by atoms with Crippen molar-refractivity contribution in [1.82, 2.24) is 0 Å². The second-order valence-corrected chi connectivity index (χ2v) is 12.6. The monoisotopic (exact) mass is 712 g/mol. The molecule has 47 heavy (non-hydrogen) atoms. The second kappa shape index (κ2) is 16.9. The van der Waals surface area contributed by atoms with Crippen molar-refractivity contribution in [2.75, 3.05) is 19.7 Å². The highest BCUT2D eigenvalue weighted by molar-refractivity contribution is 7.79. The summed E-state index contributed by atoms with van der Waals surface area (Å²) in [6.07, 6.45) is -19.8. The topological polar surface area (TPSA) is 428 Å². The lowest BCUT2D eigenvalue weighted by molar-refractivity contribution is -0.306. The molecule has 0 amide bonds. The molecule has 3 heterocycles. The Morgan fingerprint density at radius 3 is 1.40 bits per heavy atom. The maximum absolute atomic E-state index is 11.1. The number of nitrogens with two attached hydrogens (primary N) is 6. The van der Waals surface area contributed by atoms with Crippen LogP contribution in [0, 0.1) is 0 Å². The Hall–Kier alpha value is -0.890. The van der Waals surface area contributed by atoms with Gasteiger partial charge in [0.25, 0.3) is 0 Å². The Balaban J connectivity index is 0.00000111. The van der Waals surface area contributed by atoms with Gasteiger partial charge in [-0.2, -0.15) is 8.42 Å². The van der Waals surface area contributed by atoms with Crippen LogP contribution >= 0.6 is 0 Å². The molecule has 23 nitrogen and oxygen atoms in total. The Kier molecular flexibility index (Phi) is 14.6. The van der Waals surface area contributed by atoms with Gasteiger partial charge in [-0.25, -0.2) is 0 Å². The molecule has 0 aromatic heterocycles. The van der Waals surface area contributed by atoms with Crippen molar-refractivity contribution in [2.24, 2.45) is 34.4 Å². The van der Waals surface area contributed by atoms with E-state index in [1.165, 1.54) is 0 Å². The summed E-state index contributed by atoms with van der Waals surface area (Å²) in [6.45, 7) is -0.967. The van der Waals surface area contributed by atoms with E-state index in [1.807, 2.05) is 0 Å². The number of rotatable bonds is 9. The van der Waals surface area contributed by atoms with Gasteiger partial charge in [-0.05, 0) is 6.42 Å². The SMILES string of the molecule is NC[C@H]1OC(O[C@@H]2[C@H](O)[C@@H](O[C@@H]3[C@@H](O)[C@H](N)C[C@@H](N)[C@H]3O[C@H]3O[C@H](CN)[C@@H](O)[C@H](O)[C@H]3N)O[C@H]2CO)[C@@H](N)[C@H](O)[C@H]1O.O=S(=O)(O)O. The second-order valence-electron chi connectivity index (χ2n) is 11.7. The summed E-state index contributed by atoms with van der Waals surface area (Å²) in [7, 11) is -4.67. The lowest BCUT2D eigenvalue weighted by Crippen LogP contribution is -2.68. The van der Waals surface area contributed by atoms with Gasteiger partial charge in [-0.15, -0.1) is 0 Å². The number of aliphatic hydroxyl groups is 7. The van der Waals surface area contributed by atoms with Gasteiger partial charge in [-0.1, -0.05) is 0 Å². The normalized spacial score (nSPS) is 49.3. The third kappa shape index (κ3) is 9.67. The molecular formula is C23H48N6O17S. The van der Waals surface area contributed by atoms with Crippen molar-refractivity contribution >= 4 is 10.4 Å². The zero-order valence-electron chi connectivity index (χ0n) is 25.0. The van der Waals surface area contributed by atoms with Gasteiger partial charge >= 0.3 is 10.4 Å². The van der Waals surface area contributed by atoms with Gasteiger partial charge in [0.15, 0.2) is 18.9 Å². The van der Waals surface area contributed by atoms with Gasteiger partial charge in [0, 0.05) is 25.2 Å². The van der Waals surface area contributed by atoms with Crippen molar-refractivity contribution in [2.45, 2.75) is 123 Å². The van der Waals surface area contributed by atoms with Gasteiger partial charge in [-0.3, -0.25) is 9.11 Å². The molecule has 0 aromatic carbocycles. The molecule has 0 bridgehead atoms. The average Bonchev–Trinajstić information content (AvgIpc) is 3.30. The van der Waals surface area contributed by atoms with E-state index in [0.717, 1.165) is 0 Å². The zero-order chi connectivity index (χ0) is 35.5. The van der Waals surface area contributed by atoms with E-state index in [0.29, 0.717) is 0 Å². The number of ether oxygens (including phenoxy) is 6. The van der Waals surface area contributed by atoms with E-state index >= 15 is 0 Å². The maximum Gasteiger partial charge on any atom is 0.394 e. The molecule has 0 spiro atoms. The zero-order valence-corrected chi connectivity index (χ0v) is 25.8. The van der Waals surface area contributed by atoms with E-state index in [4.69, 9.17) is 80.3 Å². The highest BCUT2D eigenvalue weighted by Gasteiger charge is 2.54. The first-order valence-corrected chi connectivity index (χ1v) is 16.0. The van der Waals surface area contributed by atoms with Crippen molar-refractivity contribution < 1.29 is 81.7 Å². The average molecular weight is 713 g/mol. The summed E-state index contributed by atoms with van der Waals surface area (Å²) < 4.78 is 66.2. The van der Waals surface area contributed by atoms with Crippen LogP contribution in [0.3, 0.4) is 0 Å². The summed E-state index contributed by atoms with van der Waals surface area (Å²) in [5, 5.41) is 73.0. The molecule has 278 valence electrons. The fraction of sp³-hybridized carbons (Fsp3) is 1.00. The largest absolute Gasteiger partial charge is 0.394 e. The predicted octanol–water partition coefficient (Wildman–Crippen LogP) is -9.55. The van der Waals surface area contributed by atoms with E-state index in [1.54, 1.807) is 0 Å². The molecule has 1 aliphatic carbocycles. The summed E-state index contributed by atoms with van der Waals surface area (Å²) in [5.41, 5.74) is 35.6. The minimum absolute atomic E-state index is 0.0889. The fourth-order valence-electron chi connectivity index (χ4n) is 5.74. The van der Waals surface area contributed by atoms with Crippen LogP contribution in [0.1, 0.15) is 6.42 Å². The van der Waals surface area contributed by atoms with Crippen LogP contribution in [0.25, 0.3) is 0 Å². The molecule has 3 saturated heterocycles. The summed E-state index contributed by atoms with van der Waals surface area (Å²) in [4.78, 5) is 0. The minimum atomic E-state index is -4.67. The summed E-state index contributed by atoms with van der Waals surface area (Å²) in [5.74, 6) is 0. The fourth-order valence-corrected chi connectivity index (χ4v) is 5.74. The number of hydrogen-bond acceptors (Lipinski definition) is 21. The van der Waals surface area contributed by atoms with E-state index < -0.39 is 133 Å². The molecule has 21 N–H and O–H groups in total. The van der Waals surface area contributed by atoms with Crippen LogP contribution in [-0.4, -0.2) is 189 Å². The lowest BCUT2D eigenvalue weighted by atomic mass is 9.84. The molecule has 0 radical (unpaired) electrons. The van der Waals surface area contributed by atoms with Gasteiger partial charge in [0.1, 0.15) is 67.1 Å². The van der Waals surface area contributed by atoms with E-state index in [-0.39, 0.29) is 19.5 Å². The van der Waals surface area contributed by atoms with Crippen LogP contribution in [0.2, 0.25) is 0 Å². The highest BCUT2D eigenvalue weighted by Crippen LogP contribution is 2.34. The number of hydrogen-bond donors (Lipinski definition) is 15. The third-order valence-corrected chi connectivity index (χ3v) is 8.37. The van der Waals surface area contributed by atoms with Crippen molar-refractivity contribution in [3.63, 3.8) is 0 Å². The lowest BCUT2D eigenvalue weighted by Gasteiger charge is -2.47. The Morgan fingerprint density at radius 1 is 0.574 bits per heavy atom. The Labute approximate surface area is 269 Å². The molecule has 1 unspecified atom stereocenters. The maximum atomic E-state index is 11.1. The quantitative estimate of drug-likeness (QED) is 0.0986.